The van der Waals surface area contributed by atoms with Crippen molar-refractivity contribution >= 4 is 5.78 Å². The first-order chi connectivity index (χ1) is 9.23. The van der Waals surface area contributed by atoms with Gasteiger partial charge in [-0.1, -0.05) is 24.3 Å². The second-order valence-corrected chi connectivity index (χ2v) is 4.99. The molecule has 1 unspecified atom stereocenters. The Labute approximate surface area is 112 Å². The summed E-state index contributed by atoms with van der Waals surface area (Å²) in [5.41, 5.74) is 1.64. The van der Waals surface area contributed by atoms with Crippen LogP contribution < -0.4 is 0 Å². The summed E-state index contributed by atoms with van der Waals surface area (Å²) in [7, 11) is 0. The Morgan fingerprint density at radius 2 is 1.80 bits per heavy atom. The van der Waals surface area contributed by atoms with Crippen LogP contribution in [-0.4, -0.2) is 17.9 Å². The Morgan fingerprint density at radius 3 is 2.45 bits per heavy atom. The van der Waals surface area contributed by atoms with Crippen molar-refractivity contribution in [3.05, 3.63) is 35.4 Å². The Hall–Kier alpha value is -1.46. The first-order valence-corrected chi connectivity index (χ1v) is 6.29. The topological polar surface area (TPSA) is 17.1 Å². The maximum absolute atomic E-state index is 13.0. The third-order valence-electron chi connectivity index (χ3n) is 3.63. The Kier molecular flexibility index (Phi) is 3.84. The number of benzene rings is 1. The molecule has 0 amide bonds. The van der Waals surface area contributed by atoms with Gasteiger partial charge in [-0.2, -0.15) is 22.0 Å². The van der Waals surface area contributed by atoms with Crippen molar-refractivity contribution in [3.8, 4) is 0 Å². The smallest absolute Gasteiger partial charge is 0.293 e. The van der Waals surface area contributed by atoms with Crippen LogP contribution in [0.15, 0.2) is 24.3 Å². The molecule has 6 heteroatoms. The van der Waals surface area contributed by atoms with Crippen LogP contribution in [0.3, 0.4) is 0 Å². The predicted octanol–water partition coefficient (Wildman–Crippen LogP) is 4.26. The number of hydrogen-bond acceptors (Lipinski definition) is 1. The lowest BCUT2D eigenvalue weighted by Crippen LogP contribution is -2.44. The zero-order valence-corrected chi connectivity index (χ0v) is 10.5. The standard InChI is InChI=1S/C14H13F5O/c15-13(16,14(17,18)19)12(20)8-10-6-3-5-9-4-1-2-7-11(9)10/h1-2,4,7,10H,3,5-6,8H2. The van der Waals surface area contributed by atoms with Gasteiger partial charge < -0.3 is 0 Å². The van der Waals surface area contributed by atoms with E-state index in [-0.39, 0.29) is 0 Å². The lowest BCUT2D eigenvalue weighted by Gasteiger charge is -2.26. The molecule has 0 saturated carbocycles. The number of carbonyl (C=O) groups excluding carboxylic acids is 1. The van der Waals surface area contributed by atoms with Crippen LogP contribution >= 0.6 is 0 Å². The molecule has 0 radical (unpaired) electrons. The lowest BCUT2D eigenvalue weighted by atomic mass is 9.79. The Morgan fingerprint density at radius 1 is 1.15 bits per heavy atom. The normalized spacial score (nSPS) is 19.6. The molecule has 0 aromatic heterocycles. The molecule has 0 bridgehead atoms. The summed E-state index contributed by atoms with van der Waals surface area (Å²) in [4.78, 5) is 11.3. The molecule has 0 N–H and O–H groups in total. The zero-order chi connectivity index (χ0) is 15.0. The molecule has 1 aromatic rings. The summed E-state index contributed by atoms with van der Waals surface area (Å²) in [6, 6.07) is 6.99. The van der Waals surface area contributed by atoms with Gasteiger partial charge in [-0.15, -0.1) is 0 Å². The minimum absolute atomic E-state index is 0.455. The monoisotopic (exact) mass is 292 g/mol. The number of Topliss-reactive ketones (excluding diaryl/α,β-unsaturated/α-hetero) is 1. The largest absolute Gasteiger partial charge is 0.461 e. The highest BCUT2D eigenvalue weighted by atomic mass is 19.4. The van der Waals surface area contributed by atoms with Gasteiger partial charge in [0.15, 0.2) is 0 Å². The van der Waals surface area contributed by atoms with Crippen molar-refractivity contribution in [2.45, 2.75) is 43.7 Å². The SMILES string of the molecule is O=C(CC1CCCc2ccccc21)C(F)(F)C(F)(F)F. The maximum Gasteiger partial charge on any atom is 0.461 e. The molecular weight excluding hydrogens is 279 g/mol. The molecule has 0 saturated heterocycles. The summed E-state index contributed by atoms with van der Waals surface area (Å²) in [5.74, 6) is -7.87. The summed E-state index contributed by atoms with van der Waals surface area (Å²) in [5, 5.41) is 0. The van der Waals surface area contributed by atoms with Gasteiger partial charge in [0.25, 0.3) is 0 Å². The van der Waals surface area contributed by atoms with E-state index in [9.17, 15) is 26.7 Å². The Balaban J connectivity index is 2.18. The average Bonchev–Trinajstić information content (AvgIpc) is 2.37. The summed E-state index contributed by atoms with van der Waals surface area (Å²) in [6.45, 7) is 0. The number of alkyl halides is 5. The van der Waals surface area contributed by atoms with E-state index < -0.39 is 30.2 Å². The van der Waals surface area contributed by atoms with Gasteiger partial charge in [-0.3, -0.25) is 4.79 Å². The fourth-order valence-corrected chi connectivity index (χ4v) is 2.58. The number of aryl methyl sites for hydroxylation is 1. The van der Waals surface area contributed by atoms with Crippen molar-refractivity contribution in [3.63, 3.8) is 0 Å². The van der Waals surface area contributed by atoms with E-state index in [1.807, 2.05) is 6.07 Å². The first-order valence-electron chi connectivity index (χ1n) is 6.29. The zero-order valence-electron chi connectivity index (χ0n) is 10.5. The molecule has 2 rings (SSSR count). The molecule has 1 aliphatic carbocycles. The van der Waals surface area contributed by atoms with Gasteiger partial charge >= 0.3 is 12.1 Å². The van der Waals surface area contributed by atoms with E-state index in [4.69, 9.17) is 0 Å². The second kappa shape index (κ2) is 5.14. The molecular formula is C14H13F5O. The highest BCUT2D eigenvalue weighted by molar-refractivity contribution is 5.87. The number of carbonyl (C=O) groups is 1. The fourth-order valence-electron chi connectivity index (χ4n) is 2.58. The van der Waals surface area contributed by atoms with Gasteiger partial charge in [0.1, 0.15) is 0 Å². The third-order valence-corrected chi connectivity index (χ3v) is 3.63. The average molecular weight is 292 g/mol. The summed E-state index contributed by atoms with van der Waals surface area (Å²) >= 11 is 0. The van der Waals surface area contributed by atoms with Crippen LogP contribution in [0, 0.1) is 0 Å². The second-order valence-electron chi connectivity index (χ2n) is 4.99. The molecule has 1 nitrogen and oxygen atoms in total. The van der Waals surface area contributed by atoms with E-state index in [0.29, 0.717) is 18.4 Å². The minimum Gasteiger partial charge on any atom is -0.293 e. The van der Waals surface area contributed by atoms with Crippen LogP contribution in [0.25, 0.3) is 0 Å². The number of rotatable bonds is 3. The predicted molar refractivity (Wildman–Crippen MR) is 62.7 cm³/mol. The van der Waals surface area contributed by atoms with Crippen LogP contribution in [0.5, 0.6) is 0 Å². The maximum atomic E-state index is 13.0. The van der Waals surface area contributed by atoms with Gasteiger partial charge in [0.2, 0.25) is 5.78 Å². The fraction of sp³-hybridized carbons (Fsp3) is 0.500. The quantitative estimate of drug-likeness (QED) is 0.761. The summed E-state index contributed by atoms with van der Waals surface area (Å²) < 4.78 is 62.5. The van der Waals surface area contributed by atoms with Crippen molar-refractivity contribution < 1.29 is 26.7 Å². The van der Waals surface area contributed by atoms with Crippen LogP contribution in [-0.2, 0) is 11.2 Å². The van der Waals surface area contributed by atoms with E-state index >= 15 is 0 Å². The van der Waals surface area contributed by atoms with E-state index in [1.54, 1.807) is 18.2 Å². The minimum atomic E-state index is -5.82. The number of halogens is 5. The van der Waals surface area contributed by atoms with Gasteiger partial charge in [-0.25, -0.2) is 0 Å². The molecule has 0 heterocycles. The van der Waals surface area contributed by atoms with Gasteiger partial charge in [-0.05, 0) is 36.3 Å². The molecule has 110 valence electrons. The van der Waals surface area contributed by atoms with E-state index in [1.165, 1.54) is 0 Å². The highest BCUT2D eigenvalue weighted by Gasteiger charge is 2.62. The molecule has 1 atom stereocenters. The number of ketones is 1. The van der Waals surface area contributed by atoms with Crippen molar-refractivity contribution in [1.29, 1.82) is 0 Å². The van der Waals surface area contributed by atoms with Crippen molar-refractivity contribution in [1.82, 2.24) is 0 Å². The van der Waals surface area contributed by atoms with Crippen LogP contribution in [0.2, 0.25) is 0 Å². The van der Waals surface area contributed by atoms with E-state index in [2.05, 4.69) is 0 Å². The van der Waals surface area contributed by atoms with E-state index in [0.717, 1.165) is 12.0 Å². The molecule has 0 fully saturated rings. The van der Waals surface area contributed by atoms with Gasteiger partial charge in [0, 0.05) is 6.42 Å². The number of hydrogen-bond donors (Lipinski definition) is 0. The molecule has 1 aliphatic rings. The summed E-state index contributed by atoms with van der Waals surface area (Å²) in [6.07, 6.45) is -4.69. The Bertz CT molecular complexity index is 507. The molecule has 0 spiro atoms. The highest BCUT2D eigenvalue weighted by Crippen LogP contribution is 2.41. The third kappa shape index (κ3) is 2.69. The molecule has 1 aromatic carbocycles. The van der Waals surface area contributed by atoms with Crippen LogP contribution in [0.4, 0.5) is 22.0 Å². The molecule has 0 aliphatic heterocycles. The first kappa shape index (κ1) is 14.9. The van der Waals surface area contributed by atoms with Crippen molar-refractivity contribution in [2.75, 3.05) is 0 Å². The van der Waals surface area contributed by atoms with Gasteiger partial charge in [0.05, 0.1) is 0 Å². The lowest BCUT2D eigenvalue weighted by molar-refractivity contribution is -0.268. The van der Waals surface area contributed by atoms with Crippen molar-refractivity contribution in [2.24, 2.45) is 0 Å². The number of fused-ring (bicyclic) bond motifs is 1. The molecule has 20 heavy (non-hydrogen) atoms. The van der Waals surface area contributed by atoms with Crippen LogP contribution in [0.1, 0.15) is 36.3 Å².